The summed E-state index contributed by atoms with van der Waals surface area (Å²) in [7, 11) is 0. The summed E-state index contributed by atoms with van der Waals surface area (Å²) in [6.45, 7) is 4.02. The van der Waals surface area contributed by atoms with Gasteiger partial charge in [0.15, 0.2) is 16.8 Å². The van der Waals surface area contributed by atoms with Crippen LogP contribution in [0, 0.1) is 11.6 Å². The standard InChI is InChI=1S/C26H30F2N4OS/c27-23-9-8-20(15-24(23)28)16-31-12-10-21(11-13-31)25-29-30-26(34-18-22-7-4-14-33-22)32(25)17-19-5-2-1-3-6-19/h1-3,5-6,8-9,15,21-22H,4,7,10-14,16-18H2/t22-/m1/s1. The smallest absolute Gasteiger partial charge is 0.191 e. The van der Waals surface area contributed by atoms with E-state index in [-0.39, 0.29) is 0 Å². The van der Waals surface area contributed by atoms with Crippen LogP contribution in [0.5, 0.6) is 0 Å². The fourth-order valence-electron chi connectivity index (χ4n) is 4.81. The summed E-state index contributed by atoms with van der Waals surface area (Å²) in [5.74, 6) is 0.697. The van der Waals surface area contributed by atoms with Crippen molar-refractivity contribution in [1.29, 1.82) is 0 Å². The molecule has 3 aromatic rings. The summed E-state index contributed by atoms with van der Waals surface area (Å²) in [6, 6.07) is 14.6. The molecule has 3 heterocycles. The van der Waals surface area contributed by atoms with Gasteiger partial charge in [0.2, 0.25) is 0 Å². The monoisotopic (exact) mass is 484 g/mol. The van der Waals surface area contributed by atoms with Gasteiger partial charge in [0.1, 0.15) is 5.82 Å². The van der Waals surface area contributed by atoms with E-state index in [9.17, 15) is 8.78 Å². The zero-order valence-corrected chi connectivity index (χ0v) is 20.0. The van der Waals surface area contributed by atoms with Gasteiger partial charge in [-0.3, -0.25) is 4.90 Å². The quantitative estimate of drug-likeness (QED) is 0.408. The lowest BCUT2D eigenvalue weighted by atomic mass is 9.95. The zero-order valence-electron chi connectivity index (χ0n) is 19.2. The van der Waals surface area contributed by atoms with Gasteiger partial charge in [-0.1, -0.05) is 48.2 Å². The fraction of sp³-hybridized carbons (Fsp3) is 0.462. The number of thioether (sulfide) groups is 1. The van der Waals surface area contributed by atoms with Crippen LogP contribution in [0.3, 0.4) is 0 Å². The third kappa shape index (κ3) is 5.67. The second-order valence-electron chi connectivity index (χ2n) is 9.16. The van der Waals surface area contributed by atoms with E-state index in [0.717, 1.165) is 74.2 Å². The van der Waals surface area contributed by atoms with Gasteiger partial charge in [-0.15, -0.1) is 10.2 Å². The van der Waals surface area contributed by atoms with E-state index in [1.807, 2.05) is 6.07 Å². The lowest BCUT2D eigenvalue weighted by molar-refractivity contribution is 0.129. The first kappa shape index (κ1) is 23.5. The molecule has 0 unspecified atom stereocenters. The molecule has 2 saturated heterocycles. The van der Waals surface area contributed by atoms with E-state index in [4.69, 9.17) is 4.74 Å². The van der Waals surface area contributed by atoms with E-state index < -0.39 is 11.6 Å². The Morgan fingerprint density at radius 3 is 2.47 bits per heavy atom. The molecule has 2 aliphatic heterocycles. The number of rotatable bonds is 8. The highest BCUT2D eigenvalue weighted by Gasteiger charge is 2.27. The Morgan fingerprint density at radius 1 is 0.912 bits per heavy atom. The Morgan fingerprint density at radius 2 is 1.74 bits per heavy atom. The van der Waals surface area contributed by atoms with E-state index in [1.165, 1.54) is 17.7 Å². The highest BCUT2D eigenvalue weighted by molar-refractivity contribution is 7.99. The van der Waals surface area contributed by atoms with Gasteiger partial charge in [0.05, 0.1) is 12.6 Å². The zero-order chi connectivity index (χ0) is 23.3. The number of piperidine rings is 1. The molecule has 0 amide bonds. The van der Waals surface area contributed by atoms with E-state index in [1.54, 1.807) is 17.8 Å². The first-order valence-corrected chi connectivity index (χ1v) is 13.0. The van der Waals surface area contributed by atoms with Crippen molar-refractivity contribution in [3.63, 3.8) is 0 Å². The summed E-state index contributed by atoms with van der Waals surface area (Å²) >= 11 is 1.74. The summed E-state index contributed by atoms with van der Waals surface area (Å²) < 4.78 is 34.9. The molecule has 8 heteroatoms. The molecular weight excluding hydrogens is 454 g/mol. The molecule has 34 heavy (non-hydrogen) atoms. The van der Waals surface area contributed by atoms with E-state index in [2.05, 4.69) is 43.9 Å². The van der Waals surface area contributed by atoms with Crippen molar-refractivity contribution in [2.75, 3.05) is 25.4 Å². The predicted molar refractivity (Wildman–Crippen MR) is 129 cm³/mol. The van der Waals surface area contributed by atoms with Crippen LogP contribution >= 0.6 is 11.8 Å². The third-order valence-corrected chi connectivity index (χ3v) is 7.79. The highest BCUT2D eigenvalue weighted by atomic mass is 32.2. The molecule has 0 bridgehead atoms. The van der Waals surface area contributed by atoms with Crippen LogP contribution in [0.15, 0.2) is 53.7 Å². The van der Waals surface area contributed by atoms with Gasteiger partial charge >= 0.3 is 0 Å². The van der Waals surface area contributed by atoms with Crippen LogP contribution in [0.2, 0.25) is 0 Å². The Hall–Kier alpha value is -2.29. The van der Waals surface area contributed by atoms with Crippen LogP contribution in [0.25, 0.3) is 0 Å². The minimum Gasteiger partial charge on any atom is -0.377 e. The SMILES string of the molecule is Fc1ccc(CN2CCC(c3nnc(SC[C@H]4CCCO4)n3Cc3ccccc3)CC2)cc1F. The van der Waals surface area contributed by atoms with E-state index >= 15 is 0 Å². The molecule has 2 fully saturated rings. The lowest BCUT2D eigenvalue weighted by Gasteiger charge is -2.31. The second kappa shape index (κ2) is 11.0. The molecule has 1 aromatic heterocycles. The largest absolute Gasteiger partial charge is 0.377 e. The number of nitrogens with zero attached hydrogens (tertiary/aromatic N) is 4. The average Bonchev–Trinajstić information content (AvgIpc) is 3.52. The molecule has 1 atom stereocenters. The second-order valence-corrected chi connectivity index (χ2v) is 10.1. The Kier molecular flexibility index (Phi) is 7.57. The number of likely N-dealkylation sites (tertiary alicyclic amines) is 1. The minimum absolute atomic E-state index is 0.301. The summed E-state index contributed by atoms with van der Waals surface area (Å²) in [4.78, 5) is 2.30. The fourth-order valence-corrected chi connectivity index (χ4v) is 5.82. The van der Waals surface area contributed by atoms with Crippen molar-refractivity contribution in [2.45, 2.75) is 56.0 Å². The normalized spacial score (nSPS) is 19.6. The first-order valence-electron chi connectivity index (χ1n) is 12.0. The van der Waals surface area contributed by atoms with Gasteiger partial charge < -0.3 is 9.30 Å². The van der Waals surface area contributed by atoms with E-state index in [0.29, 0.717) is 18.6 Å². The molecule has 0 saturated carbocycles. The predicted octanol–water partition coefficient (Wildman–Crippen LogP) is 5.26. The maximum atomic E-state index is 13.6. The molecule has 5 rings (SSSR count). The summed E-state index contributed by atoms with van der Waals surface area (Å²) in [5.41, 5.74) is 2.04. The van der Waals surface area contributed by atoms with Crippen molar-refractivity contribution >= 4 is 11.8 Å². The van der Waals surface area contributed by atoms with Crippen LogP contribution in [0.1, 0.15) is 48.6 Å². The Labute approximate surface area is 203 Å². The van der Waals surface area contributed by atoms with Gasteiger partial charge in [-0.2, -0.15) is 0 Å². The number of hydrogen-bond acceptors (Lipinski definition) is 5. The molecule has 2 aromatic carbocycles. The van der Waals surface area contributed by atoms with Gasteiger partial charge in [-0.25, -0.2) is 8.78 Å². The maximum absolute atomic E-state index is 13.6. The number of halogens is 2. The molecule has 0 radical (unpaired) electrons. The molecule has 0 spiro atoms. The van der Waals surface area contributed by atoms with Crippen LogP contribution in [0.4, 0.5) is 8.78 Å². The number of ether oxygens (including phenoxy) is 1. The summed E-state index contributed by atoms with van der Waals surface area (Å²) in [5, 5.41) is 10.2. The van der Waals surface area contributed by atoms with Crippen molar-refractivity contribution in [3.05, 3.63) is 77.1 Å². The van der Waals surface area contributed by atoms with Crippen molar-refractivity contribution < 1.29 is 13.5 Å². The highest BCUT2D eigenvalue weighted by Crippen LogP contribution is 2.31. The molecule has 0 N–H and O–H groups in total. The van der Waals surface area contributed by atoms with Crippen LogP contribution in [-0.4, -0.2) is 51.2 Å². The molecular formula is C26H30F2N4OS. The van der Waals surface area contributed by atoms with Crippen LogP contribution < -0.4 is 0 Å². The number of benzene rings is 2. The molecule has 180 valence electrons. The maximum Gasteiger partial charge on any atom is 0.191 e. The molecule has 2 aliphatic rings. The summed E-state index contributed by atoms with van der Waals surface area (Å²) in [6.07, 6.45) is 4.48. The van der Waals surface area contributed by atoms with Gasteiger partial charge in [0.25, 0.3) is 0 Å². The number of aromatic nitrogens is 3. The first-order chi connectivity index (χ1) is 16.7. The topological polar surface area (TPSA) is 43.2 Å². The number of hydrogen-bond donors (Lipinski definition) is 0. The Balaban J connectivity index is 1.27. The van der Waals surface area contributed by atoms with Crippen molar-refractivity contribution in [3.8, 4) is 0 Å². The van der Waals surface area contributed by atoms with Crippen LogP contribution in [-0.2, 0) is 17.8 Å². The van der Waals surface area contributed by atoms with Crippen molar-refractivity contribution in [1.82, 2.24) is 19.7 Å². The average molecular weight is 485 g/mol. The lowest BCUT2D eigenvalue weighted by Crippen LogP contribution is -2.33. The molecule has 0 aliphatic carbocycles. The van der Waals surface area contributed by atoms with Gasteiger partial charge in [-0.05, 0) is 62.0 Å². The van der Waals surface area contributed by atoms with Crippen molar-refractivity contribution in [2.24, 2.45) is 0 Å². The molecule has 5 nitrogen and oxygen atoms in total. The Bertz CT molecular complexity index is 1080. The van der Waals surface area contributed by atoms with Gasteiger partial charge in [0, 0.05) is 24.8 Å². The minimum atomic E-state index is -0.798. The third-order valence-electron chi connectivity index (χ3n) is 6.69.